The largest absolute Gasteiger partial charge is 0.544 e. The summed E-state index contributed by atoms with van der Waals surface area (Å²) in [5.41, 5.74) is 3.42. The van der Waals surface area contributed by atoms with E-state index in [4.69, 9.17) is 0 Å². The molecule has 60 valence electrons. The number of rotatable bonds is 3. The zero-order chi connectivity index (χ0) is 8.27. The molecular formula is C6H8N2O2S. The van der Waals surface area contributed by atoms with Crippen LogP contribution in [0, 0.1) is 0 Å². The van der Waals surface area contributed by atoms with E-state index in [1.165, 1.54) is 11.3 Å². The first-order valence-electron chi connectivity index (χ1n) is 3.12. The van der Waals surface area contributed by atoms with Crippen molar-refractivity contribution in [3.05, 3.63) is 16.6 Å². The zero-order valence-electron chi connectivity index (χ0n) is 5.82. The van der Waals surface area contributed by atoms with Gasteiger partial charge >= 0.3 is 0 Å². The average molecular weight is 172 g/mol. The predicted octanol–water partition coefficient (Wildman–Crippen LogP) is -1.95. The molecule has 0 fully saturated rings. The number of hydrogen-bond donors (Lipinski definition) is 1. The second-order valence-corrected chi connectivity index (χ2v) is 3.13. The van der Waals surface area contributed by atoms with E-state index in [9.17, 15) is 9.90 Å². The van der Waals surface area contributed by atoms with Crippen LogP contribution in [-0.4, -0.2) is 17.0 Å². The summed E-state index contributed by atoms with van der Waals surface area (Å²) >= 11 is 1.43. The molecule has 5 heteroatoms. The molecule has 11 heavy (non-hydrogen) atoms. The predicted molar refractivity (Wildman–Crippen MR) is 37.5 cm³/mol. The highest BCUT2D eigenvalue weighted by Crippen LogP contribution is 2.04. The van der Waals surface area contributed by atoms with Crippen molar-refractivity contribution in [3.63, 3.8) is 0 Å². The first-order chi connectivity index (χ1) is 5.20. The summed E-state index contributed by atoms with van der Waals surface area (Å²) < 4.78 is 0. The van der Waals surface area contributed by atoms with E-state index in [1.807, 2.05) is 0 Å². The maximum absolute atomic E-state index is 10.2. The van der Waals surface area contributed by atoms with Crippen LogP contribution in [0.2, 0.25) is 0 Å². The van der Waals surface area contributed by atoms with Crippen LogP contribution in [-0.2, 0) is 11.2 Å². The fourth-order valence-corrected chi connectivity index (χ4v) is 1.35. The van der Waals surface area contributed by atoms with Gasteiger partial charge in [-0.1, -0.05) is 0 Å². The number of carbonyl (C=O) groups is 1. The molecule has 0 aliphatic carbocycles. The van der Waals surface area contributed by atoms with Crippen LogP contribution in [0.4, 0.5) is 0 Å². The smallest absolute Gasteiger partial charge is 0.131 e. The average Bonchev–Trinajstić information content (AvgIpc) is 2.39. The van der Waals surface area contributed by atoms with E-state index < -0.39 is 12.0 Å². The summed E-state index contributed by atoms with van der Waals surface area (Å²) in [6.45, 7) is 0. The standard InChI is InChI=1S/C6H8N2O2S/c7-4(6(9)10)3-5-8-1-2-11-5/h1-2,4H,3,7H2,(H,9,10)/t4-/m0/s1. The third-order valence-corrected chi connectivity index (χ3v) is 2.04. The molecule has 0 aliphatic heterocycles. The van der Waals surface area contributed by atoms with E-state index in [1.54, 1.807) is 11.6 Å². The Kier molecular flexibility index (Phi) is 2.56. The van der Waals surface area contributed by atoms with Gasteiger partial charge in [0.15, 0.2) is 0 Å². The van der Waals surface area contributed by atoms with E-state index >= 15 is 0 Å². The maximum atomic E-state index is 10.2. The van der Waals surface area contributed by atoms with Crippen LogP contribution in [0.15, 0.2) is 11.6 Å². The molecule has 1 rings (SSSR count). The minimum absolute atomic E-state index is 0.361. The van der Waals surface area contributed by atoms with Crippen LogP contribution >= 0.6 is 11.3 Å². The van der Waals surface area contributed by atoms with Gasteiger partial charge in [0.25, 0.3) is 0 Å². The molecule has 1 aromatic heterocycles. The molecule has 0 saturated carbocycles. The maximum Gasteiger partial charge on any atom is 0.131 e. The number of aliphatic carboxylic acids is 1. The van der Waals surface area contributed by atoms with Crippen molar-refractivity contribution in [2.24, 2.45) is 0 Å². The number of carboxylic acids is 1. The van der Waals surface area contributed by atoms with Crippen molar-refractivity contribution in [3.8, 4) is 0 Å². The summed E-state index contributed by atoms with van der Waals surface area (Å²) in [7, 11) is 0. The normalized spacial score (nSPS) is 12.8. The Hall–Kier alpha value is -0.940. The summed E-state index contributed by atoms with van der Waals surface area (Å²) in [6, 6.07) is -0.693. The van der Waals surface area contributed by atoms with Gasteiger partial charge < -0.3 is 15.6 Å². The van der Waals surface area contributed by atoms with Gasteiger partial charge in [-0.3, -0.25) is 0 Å². The minimum Gasteiger partial charge on any atom is -0.544 e. The van der Waals surface area contributed by atoms with Gasteiger partial charge in [-0.15, -0.1) is 11.3 Å². The third kappa shape index (κ3) is 2.28. The molecule has 3 N–H and O–H groups in total. The highest BCUT2D eigenvalue weighted by atomic mass is 32.1. The molecule has 1 atom stereocenters. The Morgan fingerprint density at radius 3 is 3.09 bits per heavy atom. The molecule has 0 radical (unpaired) electrons. The van der Waals surface area contributed by atoms with Gasteiger partial charge in [-0.25, -0.2) is 4.98 Å². The summed E-state index contributed by atoms with van der Waals surface area (Å²) in [6.07, 6.45) is 2.00. The minimum atomic E-state index is -1.12. The molecule has 0 spiro atoms. The number of carbonyl (C=O) groups excluding carboxylic acids is 1. The SMILES string of the molecule is [NH3+][C@@H](Cc1nccs1)C(=O)[O-]. The number of hydrogen-bond acceptors (Lipinski definition) is 4. The summed E-state index contributed by atoms with van der Waals surface area (Å²) in [4.78, 5) is 14.2. The lowest BCUT2D eigenvalue weighted by Gasteiger charge is -2.05. The van der Waals surface area contributed by atoms with Crippen molar-refractivity contribution in [1.29, 1.82) is 0 Å². The van der Waals surface area contributed by atoms with Gasteiger partial charge in [0, 0.05) is 11.6 Å². The fraction of sp³-hybridized carbons (Fsp3) is 0.333. The van der Waals surface area contributed by atoms with Gasteiger partial charge in [-0.05, 0) is 0 Å². The number of aromatic nitrogens is 1. The third-order valence-electron chi connectivity index (χ3n) is 1.24. The molecular weight excluding hydrogens is 164 g/mol. The van der Waals surface area contributed by atoms with E-state index in [0.717, 1.165) is 5.01 Å². The van der Waals surface area contributed by atoms with E-state index in [0.29, 0.717) is 6.42 Å². The first-order valence-corrected chi connectivity index (χ1v) is 4.00. The fourth-order valence-electron chi connectivity index (χ4n) is 0.648. The second-order valence-electron chi connectivity index (χ2n) is 2.15. The van der Waals surface area contributed by atoms with Crippen LogP contribution < -0.4 is 10.8 Å². The Morgan fingerprint density at radius 1 is 1.91 bits per heavy atom. The molecule has 0 amide bonds. The lowest BCUT2D eigenvalue weighted by atomic mass is 10.2. The lowest BCUT2D eigenvalue weighted by Crippen LogP contribution is -2.69. The Balaban J connectivity index is 2.50. The van der Waals surface area contributed by atoms with Crippen molar-refractivity contribution in [2.75, 3.05) is 0 Å². The number of quaternary nitrogens is 1. The van der Waals surface area contributed by atoms with Crippen molar-refractivity contribution >= 4 is 17.3 Å². The lowest BCUT2D eigenvalue weighted by molar-refractivity contribution is -0.436. The number of nitrogens with zero attached hydrogens (tertiary/aromatic N) is 1. The van der Waals surface area contributed by atoms with Crippen LogP contribution in [0.5, 0.6) is 0 Å². The Morgan fingerprint density at radius 2 is 2.64 bits per heavy atom. The van der Waals surface area contributed by atoms with Crippen LogP contribution in [0.25, 0.3) is 0 Å². The van der Waals surface area contributed by atoms with Crippen molar-refractivity contribution in [1.82, 2.24) is 4.98 Å². The monoisotopic (exact) mass is 172 g/mol. The molecule has 0 bridgehead atoms. The molecule has 0 aromatic carbocycles. The number of thiazole rings is 1. The summed E-state index contributed by atoms with van der Waals surface area (Å²) in [5, 5.41) is 12.8. The molecule has 4 nitrogen and oxygen atoms in total. The Labute approximate surface area is 67.7 Å². The molecule has 1 aromatic rings. The van der Waals surface area contributed by atoms with Crippen molar-refractivity contribution < 1.29 is 15.6 Å². The molecule has 0 aliphatic rings. The van der Waals surface area contributed by atoms with E-state index in [-0.39, 0.29) is 0 Å². The van der Waals surface area contributed by atoms with E-state index in [2.05, 4.69) is 10.7 Å². The molecule has 1 heterocycles. The summed E-state index contributed by atoms with van der Waals surface area (Å²) in [5.74, 6) is -1.12. The zero-order valence-corrected chi connectivity index (χ0v) is 6.63. The van der Waals surface area contributed by atoms with Gasteiger partial charge in [0.2, 0.25) is 0 Å². The van der Waals surface area contributed by atoms with Crippen LogP contribution in [0.1, 0.15) is 5.01 Å². The van der Waals surface area contributed by atoms with Crippen molar-refractivity contribution in [2.45, 2.75) is 12.5 Å². The second kappa shape index (κ2) is 3.45. The van der Waals surface area contributed by atoms with Gasteiger partial charge in [0.05, 0.1) is 17.4 Å². The number of carboxylic acid groups (broad SMARTS) is 1. The first kappa shape index (κ1) is 8.16. The molecule has 0 saturated heterocycles. The topological polar surface area (TPSA) is 80.7 Å². The highest BCUT2D eigenvalue weighted by molar-refractivity contribution is 7.09. The Bertz CT molecular complexity index is 235. The highest BCUT2D eigenvalue weighted by Gasteiger charge is 2.09. The van der Waals surface area contributed by atoms with Gasteiger partial charge in [-0.2, -0.15) is 0 Å². The van der Waals surface area contributed by atoms with Crippen LogP contribution in [0.3, 0.4) is 0 Å². The molecule has 0 unspecified atom stereocenters. The van der Waals surface area contributed by atoms with Gasteiger partial charge in [0.1, 0.15) is 6.04 Å². The quantitative estimate of drug-likeness (QED) is 0.575.